The minimum absolute atomic E-state index is 0.790. The summed E-state index contributed by atoms with van der Waals surface area (Å²) in [6, 6.07) is 1.64. The van der Waals surface area contributed by atoms with Crippen LogP contribution in [0.2, 0.25) is 0 Å². The average molecular weight is 224 g/mol. The Morgan fingerprint density at radius 1 is 1.00 bits per heavy atom. The Morgan fingerprint density at radius 2 is 1.75 bits per heavy atom. The molecule has 94 valence electrons. The number of hydrogen-bond donors (Lipinski definition) is 1. The Bertz CT molecular complexity index is 185. The molecule has 2 fully saturated rings. The molecule has 1 aliphatic carbocycles. The maximum atomic E-state index is 3.76. The Labute approximate surface area is 101 Å². The third kappa shape index (κ3) is 3.21. The zero-order valence-electron chi connectivity index (χ0n) is 10.9. The highest BCUT2D eigenvalue weighted by molar-refractivity contribution is 4.90. The van der Waals surface area contributed by atoms with Crippen molar-refractivity contribution in [1.29, 1.82) is 0 Å². The molecular formula is C14H28N2. The van der Waals surface area contributed by atoms with Crippen LogP contribution < -0.4 is 5.32 Å². The maximum Gasteiger partial charge on any atom is 0.0249 e. The van der Waals surface area contributed by atoms with Gasteiger partial charge in [0.25, 0.3) is 0 Å². The first kappa shape index (κ1) is 12.4. The highest BCUT2D eigenvalue weighted by Crippen LogP contribution is 2.26. The maximum absolute atomic E-state index is 3.76. The van der Waals surface area contributed by atoms with Gasteiger partial charge in [0.2, 0.25) is 0 Å². The van der Waals surface area contributed by atoms with Crippen molar-refractivity contribution >= 4 is 0 Å². The molecule has 0 aromatic carbocycles. The highest BCUT2D eigenvalue weighted by atomic mass is 15.2. The van der Waals surface area contributed by atoms with Crippen molar-refractivity contribution in [1.82, 2.24) is 10.2 Å². The lowest BCUT2D eigenvalue weighted by Crippen LogP contribution is -2.47. The molecule has 1 saturated carbocycles. The molecular weight excluding hydrogens is 196 g/mol. The van der Waals surface area contributed by atoms with Crippen molar-refractivity contribution in [2.45, 2.75) is 70.4 Å². The minimum atomic E-state index is 0.790. The molecule has 2 aliphatic rings. The summed E-state index contributed by atoms with van der Waals surface area (Å²) in [5.74, 6) is 0. The van der Waals surface area contributed by atoms with Crippen molar-refractivity contribution < 1.29 is 0 Å². The van der Waals surface area contributed by atoms with Crippen LogP contribution in [0.5, 0.6) is 0 Å². The van der Waals surface area contributed by atoms with Crippen molar-refractivity contribution in [3.8, 4) is 0 Å². The smallest absolute Gasteiger partial charge is 0.0249 e. The fraction of sp³-hybridized carbons (Fsp3) is 1.00. The summed E-state index contributed by atoms with van der Waals surface area (Å²) < 4.78 is 0. The summed E-state index contributed by atoms with van der Waals surface area (Å²) in [6.45, 7) is 6.18. The van der Waals surface area contributed by atoms with Gasteiger partial charge in [0.15, 0.2) is 0 Å². The van der Waals surface area contributed by atoms with E-state index in [1.54, 1.807) is 0 Å². The normalized spacial score (nSPS) is 32.8. The molecule has 0 radical (unpaired) electrons. The molecule has 0 spiro atoms. The van der Waals surface area contributed by atoms with Gasteiger partial charge in [-0.1, -0.05) is 26.2 Å². The van der Waals surface area contributed by atoms with E-state index in [1.807, 2.05) is 0 Å². The summed E-state index contributed by atoms with van der Waals surface area (Å²) in [5, 5.41) is 3.76. The molecule has 1 saturated heterocycles. The van der Waals surface area contributed by atoms with E-state index in [1.165, 1.54) is 71.0 Å². The van der Waals surface area contributed by atoms with Gasteiger partial charge in [0.05, 0.1) is 0 Å². The van der Waals surface area contributed by atoms with E-state index in [0.717, 1.165) is 12.1 Å². The quantitative estimate of drug-likeness (QED) is 0.790. The van der Waals surface area contributed by atoms with E-state index in [4.69, 9.17) is 0 Å². The standard InChI is InChI=1S/C14H28N2/c1-2-10-15-13-8-7-9-14(13)16-11-5-3-4-6-12-16/h13-15H,2-12H2,1H3. The highest BCUT2D eigenvalue weighted by Gasteiger charge is 2.31. The van der Waals surface area contributed by atoms with Gasteiger partial charge in [-0.05, 0) is 51.7 Å². The zero-order chi connectivity index (χ0) is 11.2. The summed E-state index contributed by atoms with van der Waals surface area (Å²) in [5.41, 5.74) is 0. The minimum Gasteiger partial charge on any atom is -0.312 e. The van der Waals surface area contributed by atoms with Crippen LogP contribution in [0, 0.1) is 0 Å². The lowest BCUT2D eigenvalue weighted by atomic mass is 10.1. The van der Waals surface area contributed by atoms with E-state index in [2.05, 4.69) is 17.1 Å². The van der Waals surface area contributed by atoms with E-state index < -0.39 is 0 Å². The first-order valence-corrected chi connectivity index (χ1v) is 7.39. The second kappa shape index (κ2) is 6.61. The van der Waals surface area contributed by atoms with E-state index in [0.29, 0.717) is 0 Å². The van der Waals surface area contributed by atoms with Crippen molar-refractivity contribution in [2.24, 2.45) is 0 Å². The number of rotatable bonds is 4. The van der Waals surface area contributed by atoms with Crippen LogP contribution in [-0.2, 0) is 0 Å². The summed E-state index contributed by atoms with van der Waals surface area (Å²) in [6.07, 6.45) is 11.3. The van der Waals surface area contributed by atoms with Crippen LogP contribution in [0.15, 0.2) is 0 Å². The van der Waals surface area contributed by atoms with Gasteiger partial charge in [-0.25, -0.2) is 0 Å². The second-order valence-electron chi connectivity index (χ2n) is 5.51. The number of likely N-dealkylation sites (tertiary alicyclic amines) is 1. The molecule has 1 N–H and O–H groups in total. The number of nitrogens with one attached hydrogen (secondary N) is 1. The molecule has 1 aliphatic heterocycles. The first-order chi connectivity index (χ1) is 7.92. The summed E-state index contributed by atoms with van der Waals surface area (Å²) in [7, 11) is 0. The van der Waals surface area contributed by atoms with Gasteiger partial charge in [-0.3, -0.25) is 4.90 Å². The molecule has 2 nitrogen and oxygen atoms in total. The van der Waals surface area contributed by atoms with Crippen molar-refractivity contribution in [3.63, 3.8) is 0 Å². The summed E-state index contributed by atoms with van der Waals surface area (Å²) in [4.78, 5) is 2.79. The van der Waals surface area contributed by atoms with Gasteiger partial charge in [0, 0.05) is 12.1 Å². The molecule has 0 aromatic rings. The molecule has 0 bridgehead atoms. The SMILES string of the molecule is CCCNC1CCCC1N1CCCCCC1. The Kier molecular flexibility index (Phi) is 5.11. The van der Waals surface area contributed by atoms with Crippen LogP contribution in [0.4, 0.5) is 0 Å². The fourth-order valence-electron chi connectivity index (χ4n) is 3.37. The van der Waals surface area contributed by atoms with Gasteiger partial charge >= 0.3 is 0 Å². The molecule has 2 unspecified atom stereocenters. The van der Waals surface area contributed by atoms with Crippen LogP contribution in [0.25, 0.3) is 0 Å². The van der Waals surface area contributed by atoms with Crippen LogP contribution in [0.1, 0.15) is 58.3 Å². The van der Waals surface area contributed by atoms with E-state index in [-0.39, 0.29) is 0 Å². The third-order valence-electron chi connectivity index (χ3n) is 4.25. The molecule has 2 rings (SSSR count). The average Bonchev–Trinajstić information content (AvgIpc) is 2.60. The molecule has 2 atom stereocenters. The van der Waals surface area contributed by atoms with Crippen LogP contribution in [-0.4, -0.2) is 36.6 Å². The largest absolute Gasteiger partial charge is 0.312 e. The number of hydrogen-bond acceptors (Lipinski definition) is 2. The zero-order valence-corrected chi connectivity index (χ0v) is 10.9. The van der Waals surface area contributed by atoms with Gasteiger partial charge in [0.1, 0.15) is 0 Å². The van der Waals surface area contributed by atoms with E-state index >= 15 is 0 Å². The predicted molar refractivity (Wildman–Crippen MR) is 69.8 cm³/mol. The Balaban J connectivity index is 1.85. The van der Waals surface area contributed by atoms with Gasteiger partial charge in [-0.15, -0.1) is 0 Å². The lowest BCUT2D eigenvalue weighted by molar-refractivity contribution is 0.178. The Hall–Kier alpha value is -0.0800. The Morgan fingerprint density at radius 3 is 2.44 bits per heavy atom. The summed E-state index contributed by atoms with van der Waals surface area (Å²) >= 11 is 0. The van der Waals surface area contributed by atoms with Crippen LogP contribution in [0.3, 0.4) is 0 Å². The monoisotopic (exact) mass is 224 g/mol. The molecule has 1 heterocycles. The molecule has 2 heteroatoms. The topological polar surface area (TPSA) is 15.3 Å². The number of nitrogens with zero attached hydrogens (tertiary/aromatic N) is 1. The van der Waals surface area contributed by atoms with Gasteiger partial charge in [-0.2, -0.15) is 0 Å². The van der Waals surface area contributed by atoms with Crippen LogP contribution >= 0.6 is 0 Å². The molecule has 0 aromatic heterocycles. The predicted octanol–water partition coefficient (Wildman–Crippen LogP) is 2.78. The van der Waals surface area contributed by atoms with E-state index in [9.17, 15) is 0 Å². The third-order valence-corrected chi connectivity index (χ3v) is 4.25. The first-order valence-electron chi connectivity index (χ1n) is 7.39. The second-order valence-corrected chi connectivity index (χ2v) is 5.51. The van der Waals surface area contributed by atoms with Gasteiger partial charge < -0.3 is 5.32 Å². The molecule has 0 amide bonds. The fourth-order valence-corrected chi connectivity index (χ4v) is 3.37. The molecule has 16 heavy (non-hydrogen) atoms. The van der Waals surface area contributed by atoms with Crippen molar-refractivity contribution in [3.05, 3.63) is 0 Å². The lowest BCUT2D eigenvalue weighted by Gasteiger charge is -2.32. The van der Waals surface area contributed by atoms with Crippen molar-refractivity contribution in [2.75, 3.05) is 19.6 Å².